The van der Waals surface area contributed by atoms with Crippen LogP contribution in [0.3, 0.4) is 0 Å². The van der Waals surface area contributed by atoms with Crippen molar-refractivity contribution in [3.63, 3.8) is 0 Å². The van der Waals surface area contributed by atoms with Gasteiger partial charge in [-0.3, -0.25) is 14.4 Å². The summed E-state index contributed by atoms with van der Waals surface area (Å²) in [4.78, 5) is 42.1. The number of aryl methyl sites for hydroxylation is 1. The summed E-state index contributed by atoms with van der Waals surface area (Å²) in [6.45, 7) is 2.85. The number of amides is 3. The van der Waals surface area contributed by atoms with E-state index in [1.807, 2.05) is 0 Å². The Hall–Kier alpha value is -3.16. The second-order valence-corrected chi connectivity index (χ2v) is 7.92. The van der Waals surface area contributed by atoms with Gasteiger partial charge >= 0.3 is 11.8 Å². The van der Waals surface area contributed by atoms with Gasteiger partial charge in [0.15, 0.2) is 0 Å². The van der Waals surface area contributed by atoms with Crippen molar-refractivity contribution in [3.8, 4) is 11.3 Å². The predicted octanol–water partition coefficient (Wildman–Crippen LogP) is 2.31. The monoisotopic (exact) mass is 427 g/mol. The molecule has 0 radical (unpaired) electrons. The lowest BCUT2D eigenvalue weighted by Crippen LogP contribution is -2.54. The summed E-state index contributed by atoms with van der Waals surface area (Å²) in [6, 6.07) is 9.86. The van der Waals surface area contributed by atoms with Crippen LogP contribution in [0.25, 0.3) is 11.3 Å². The largest absolute Gasteiger partial charge is 0.461 e. The van der Waals surface area contributed by atoms with Crippen molar-refractivity contribution in [3.05, 3.63) is 48.0 Å². The van der Waals surface area contributed by atoms with E-state index in [4.69, 9.17) is 4.42 Å². The summed E-state index contributed by atoms with van der Waals surface area (Å²) in [5.41, 5.74) is 0.393. The van der Waals surface area contributed by atoms with Gasteiger partial charge in [-0.25, -0.2) is 4.39 Å². The number of carbonyl (C=O) groups is 3. The third kappa shape index (κ3) is 4.78. The van der Waals surface area contributed by atoms with Gasteiger partial charge in [0.2, 0.25) is 5.91 Å². The number of hydrogen-bond acceptors (Lipinski definition) is 4. The zero-order valence-corrected chi connectivity index (χ0v) is 17.4. The van der Waals surface area contributed by atoms with Gasteiger partial charge in [0.25, 0.3) is 0 Å². The Balaban J connectivity index is 1.25. The molecule has 0 unspecified atom stereocenters. The number of halogens is 1. The van der Waals surface area contributed by atoms with Crippen LogP contribution in [0.15, 0.2) is 40.8 Å². The maximum absolute atomic E-state index is 13.9. The number of likely N-dealkylation sites (tertiary alicyclic amines) is 1. The maximum atomic E-state index is 13.9. The molecule has 31 heavy (non-hydrogen) atoms. The first kappa shape index (κ1) is 21.1. The van der Waals surface area contributed by atoms with E-state index in [2.05, 4.69) is 0 Å². The van der Waals surface area contributed by atoms with Crippen molar-refractivity contribution in [2.75, 3.05) is 39.3 Å². The third-order valence-electron chi connectivity index (χ3n) is 5.88. The molecule has 3 amide bonds. The van der Waals surface area contributed by atoms with Crippen LogP contribution < -0.4 is 0 Å². The average molecular weight is 427 g/mol. The molecule has 7 nitrogen and oxygen atoms in total. The van der Waals surface area contributed by atoms with Crippen LogP contribution in [0, 0.1) is 5.82 Å². The molecule has 2 fully saturated rings. The van der Waals surface area contributed by atoms with Gasteiger partial charge in [0.05, 0.1) is 5.56 Å². The number of rotatable bonds is 4. The molecule has 0 saturated carbocycles. The predicted molar refractivity (Wildman–Crippen MR) is 111 cm³/mol. The van der Waals surface area contributed by atoms with Gasteiger partial charge in [0, 0.05) is 52.1 Å². The molecule has 1 aromatic carbocycles. The number of hydrogen-bond donors (Lipinski definition) is 0. The topological polar surface area (TPSA) is 74.1 Å². The second-order valence-electron chi connectivity index (χ2n) is 7.92. The Kier molecular flexibility index (Phi) is 6.34. The maximum Gasteiger partial charge on any atom is 0.312 e. The van der Waals surface area contributed by atoms with E-state index < -0.39 is 11.8 Å². The van der Waals surface area contributed by atoms with Gasteiger partial charge in [-0.15, -0.1) is 0 Å². The summed E-state index contributed by atoms with van der Waals surface area (Å²) in [5.74, 6) is -0.213. The smallest absolute Gasteiger partial charge is 0.312 e. The van der Waals surface area contributed by atoms with Crippen LogP contribution in [0.4, 0.5) is 4.39 Å². The van der Waals surface area contributed by atoms with Gasteiger partial charge < -0.3 is 19.1 Å². The quantitative estimate of drug-likeness (QED) is 0.702. The Labute approximate surface area is 180 Å². The highest BCUT2D eigenvalue weighted by Gasteiger charge is 2.31. The number of carbonyl (C=O) groups excluding carboxylic acids is 3. The molecule has 3 heterocycles. The molecule has 2 aliphatic heterocycles. The molecule has 1 aromatic heterocycles. The highest BCUT2D eigenvalue weighted by atomic mass is 19.1. The minimum absolute atomic E-state index is 0.0261. The Morgan fingerprint density at radius 2 is 1.42 bits per heavy atom. The summed E-state index contributed by atoms with van der Waals surface area (Å²) >= 11 is 0. The molecule has 0 bridgehead atoms. The van der Waals surface area contributed by atoms with E-state index in [9.17, 15) is 18.8 Å². The lowest BCUT2D eigenvalue weighted by Gasteiger charge is -2.35. The minimum Gasteiger partial charge on any atom is -0.461 e. The average Bonchev–Trinajstić information content (AvgIpc) is 3.49. The summed E-state index contributed by atoms with van der Waals surface area (Å²) in [5, 5.41) is 0. The van der Waals surface area contributed by atoms with Crippen LogP contribution in [-0.4, -0.2) is 71.7 Å². The van der Waals surface area contributed by atoms with E-state index in [-0.39, 0.29) is 18.1 Å². The van der Waals surface area contributed by atoms with Gasteiger partial charge in [-0.05, 0) is 37.1 Å². The van der Waals surface area contributed by atoms with E-state index in [0.717, 1.165) is 12.8 Å². The Bertz CT molecular complexity index is 959. The van der Waals surface area contributed by atoms with Crippen LogP contribution >= 0.6 is 0 Å². The second kappa shape index (κ2) is 9.32. The van der Waals surface area contributed by atoms with Crippen molar-refractivity contribution in [2.45, 2.75) is 25.7 Å². The highest BCUT2D eigenvalue weighted by molar-refractivity contribution is 6.35. The van der Waals surface area contributed by atoms with E-state index in [1.54, 1.807) is 40.1 Å². The first-order valence-corrected chi connectivity index (χ1v) is 10.7. The summed E-state index contributed by atoms with van der Waals surface area (Å²) < 4.78 is 19.6. The molecule has 4 rings (SSSR count). The minimum atomic E-state index is -0.467. The lowest BCUT2D eigenvalue weighted by molar-refractivity contribution is -0.153. The molecule has 2 aromatic rings. The normalized spacial score (nSPS) is 16.6. The zero-order valence-electron chi connectivity index (χ0n) is 17.4. The number of furan rings is 1. The molecule has 164 valence electrons. The van der Waals surface area contributed by atoms with Crippen LogP contribution in [0.1, 0.15) is 25.0 Å². The Morgan fingerprint density at radius 1 is 0.806 bits per heavy atom. The Morgan fingerprint density at radius 3 is 2.10 bits per heavy atom. The molecule has 0 aliphatic carbocycles. The van der Waals surface area contributed by atoms with Crippen molar-refractivity contribution in [1.29, 1.82) is 0 Å². The van der Waals surface area contributed by atoms with Crippen molar-refractivity contribution < 1.29 is 23.2 Å². The van der Waals surface area contributed by atoms with Gasteiger partial charge in [0.1, 0.15) is 17.3 Å². The van der Waals surface area contributed by atoms with E-state index in [1.165, 1.54) is 11.0 Å². The molecule has 0 atom stereocenters. The fourth-order valence-electron chi connectivity index (χ4n) is 4.06. The van der Waals surface area contributed by atoms with Crippen molar-refractivity contribution >= 4 is 17.7 Å². The fourth-order valence-corrected chi connectivity index (χ4v) is 4.06. The number of piperazine rings is 1. The van der Waals surface area contributed by atoms with Crippen LogP contribution in [0.5, 0.6) is 0 Å². The standard InChI is InChI=1S/C23H26FN3O4/c24-19-6-2-1-5-18(19)20-9-7-17(31-20)8-10-21(28)25-13-15-27(16-14-25)23(30)22(29)26-11-3-4-12-26/h1-2,5-7,9H,3-4,8,10-16H2. The van der Waals surface area contributed by atoms with Crippen LogP contribution in [0.2, 0.25) is 0 Å². The number of benzene rings is 1. The molecule has 2 aliphatic rings. The number of nitrogens with zero attached hydrogens (tertiary/aromatic N) is 3. The molecule has 8 heteroatoms. The SMILES string of the molecule is O=C(CCc1ccc(-c2ccccc2F)o1)N1CCN(C(=O)C(=O)N2CCCC2)CC1. The molecule has 2 saturated heterocycles. The van der Waals surface area contributed by atoms with E-state index in [0.29, 0.717) is 62.8 Å². The molecular formula is C23H26FN3O4. The first-order valence-electron chi connectivity index (χ1n) is 10.7. The van der Waals surface area contributed by atoms with E-state index >= 15 is 0 Å². The fraction of sp³-hybridized carbons (Fsp3) is 0.435. The van der Waals surface area contributed by atoms with Crippen molar-refractivity contribution in [1.82, 2.24) is 14.7 Å². The first-order chi connectivity index (χ1) is 15.0. The third-order valence-corrected chi connectivity index (χ3v) is 5.88. The highest BCUT2D eigenvalue weighted by Crippen LogP contribution is 2.25. The molecule has 0 N–H and O–H groups in total. The molecular weight excluding hydrogens is 401 g/mol. The summed E-state index contributed by atoms with van der Waals surface area (Å²) in [7, 11) is 0. The van der Waals surface area contributed by atoms with Gasteiger partial charge in [-0.1, -0.05) is 12.1 Å². The van der Waals surface area contributed by atoms with Gasteiger partial charge in [-0.2, -0.15) is 0 Å². The van der Waals surface area contributed by atoms with Crippen molar-refractivity contribution in [2.24, 2.45) is 0 Å². The summed E-state index contributed by atoms with van der Waals surface area (Å²) in [6.07, 6.45) is 2.57. The zero-order chi connectivity index (χ0) is 21.8. The molecule has 0 spiro atoms. The van der Waals surface area contributed by atoms with Crippen LogP contribution in [-0.2, 0) is 20.8 Å². The lowest BCUT2D eigenvalue weighted by atomic mass is 10.1.